The maximum absolute atomic E-state index is 11.9. The molecule has 4 nitrogen and oxygen atoms in total. The minimum Gasteiger partial charge on any atom is -0.329 e. The molecule has 102 valence electrons. The van der Waals surface area contributed by atoms with Crippen molar-refractivity contribution in [3.8, 4) is 0 Å². The van der Waals surface area contributed by atoms with Gasteiger partial charge in [0.15, 0.2) is 9.84 Å². The first-order valence-corrected chi connectivity index (χ1v) is 7.64. The molecule has 0 unspecified atom stereocenters. The predicted molar refractivity (Wildman–Crippen MR) is 74.2 cm³/mol. The maximum Gasteiger partial charge on any atom is 0.180 e. The zero-order chi connectivity index (χ0) is 13.8. The van der Waals surface area contributed by atoms with Gasteiger partial charge >= 0.3 is 0 Å². The van der Waals surface area contributed by atoms with Crippen molar-refractivity contribution in [1.82, 2.24) is 4.90 Å². The molecule has 0 spiro atoms. The van der Waals surface area contributed by atoms with E-state index >= 15 is 0 Å². The summed E-state index contributed by atoms with van der Waals surface area (Å²) in [6, 6.07) is 7.09. The van der Waals surface area contributed by atoms with Gasteiger partial charge in [0.2, 0.25) is 0 Å². The summed E-state index contributed by atoms with van der Waals surface area (Å²) in [7, 11) is -1.17. The normalized spacial score (nSPS) is 12.3. The highest BCUT2D eigenvalue weighted by Crippen LogP contribution is 2.16. The summed E-state index contributed by atoms with van der Waals surface area (Å²) >= 11 is 0. The topological polar surface area (TPSA) is 63.4 Å². The highest BCUT2D eigenvalue weighted by molar-refractivity contribution is 7.92. The van der Waals surface area contributed by atoms with Gasteiger partial charge in [-0.05, 0) is 38.6 Å². The summed E-state index contributed by atoms with van der Waals surface area (Å²) in [5, 5.41) is -0.386. The Morgan fingerprint density at radius 1 is 1.22 bits per heavy atom. The number of sulfone groups is 1. The van der Waals surface area contributed by atoms with Crippen LogP contribution in [0.4, 0.5) is 0 Å². The summed E-state index contributed by atoms with van der Waals surface area (Å²) in [6.45, 7) is 5.61. The molecule has 0 bridgehead atoms. The van der Waals surface area contributed by atoms with Gasteiger partial charge in [-0.1, -0.05) is 12.1 Å². The van der Waals surface area contributed by atoms with E-state index in [1.807, 2.05) is 19.2 Å². The number of nitrogens with zero attached hydrogens (tertiary/aromatic N) is 1. The van der Waals surface area contributed by atoms with Gasteiger partial charge in [0.05, 0.1) is 10.1 Å². The molecule has 1 aromatic rings. The van der Waals surface area contributed by atoms with Gasteiger partial charge < -0.3 is 10.6 Å². The summed E-state index contributed by atoms with van der Waals surface area (Å²) in [6.07, 6.45) is 0. The van der Waals surface area contributed by atoms with E-state index in [-0.39, 0.29) is 5.25 Å². The summed E-state index contributed by atoms with van der Waals surface area (Å²) < 4.78 is 23.9. The number of benzene rings is 1. The molecule has 2 N–H and O–H groups in total. The Hall–Kier alpha value is -0.910. The fourth-order valence-corrected chi connectivity index (χ4v) is 2.73. The minimum absolute atomic E-state index is 0.386. The van der Waals surface area contributed by atoms with Crippen molar-refractivity contribution in [3.63, 3.8) is 0 Å². The standard InChI is InChI=1S/C13H22N2O2S/c1-11(2)18(16,17)13-6-4-12(5-7-13)10-15(3)9-8-14/h4-7,11H,8-10,14H2,1-3H3. The molecule has 0 radical (unpaired) electrons. The van der Waals surface area contributed by atoms with Gasteiger partial charge in [0, 0.05) is 19.6 Å². The minimum atomic E-state index is -3.17. The zero-order valence-corrected chi connectivity index (χ0v) is 12.1. The van der Waals surface area contributed by atoms with Crippen molar-refractivity contribution in [3.05, 3.63) is 29.8 Å². The van der Waals surface area contributed by atoms with E-state index in [0.717, 1.165) is 18.7 Å². The van der Waals surface area contributed by atoms with Crippen LogP contribution in [0.3, 0.4) is 0 Å². The van der Waals surface area contributed by atoms with Crippen LogP contribution in [0.2, 0.25) is 0 Å². The lowest BCUT2D eigenvalue weighted by Crippen LogP contribution is -2.25. The van der Waals surface area contributed by atoms with Crippen molar-refractivity contribution in [2.45, 2.75) is 30.5 Å². The monoisotopic (exact) mass is 270 g/mol. The van der Waals surface area contributed by atoms with E-state index in [4.69, 9.17) is 5.73 Å². The van der Waals surface area contributed by atoms with Gasteiger partial charge in [-0.15, -0.1) is 0 Å². The van der Waals surface area contributed by atoms with Crippen molar-refractivity contribution >= 4 is 9.84 Å². The number of nitrogens with two attached hydrogens (primary N) is 1. The molecule has 0 fully saturated rings. The average molecular weight is 270 g/mol. The molecule has 1 rings (SSSR count). The number of likely N-dealkylation sites (N-methyl/N-ethyl adjacent to an activating group) is 1. The lowest BCUT2D eigenvalue weighted by atomic mass is 10.2. The number of rotatable bonds is 6. The van der Waals surface area contributed by atoms with Crippen LogP contribution in [0.5, 0.6) is 0 Å². The van der Waals surface area contributed by atoms with Crippen LogP contribution in [0.25, 0.3) is 0 Å². The third-order valence-electron chi connectivity index (χ3n) is 2.84. The summed E-state index contributed by atoms with van der Waals surface area (Å²) in [5.41, 5.74) is 6.57. The van der Waals surface area contributed by atoms with E-state index in [1.54, 1.807) is 26.0 Å². The average Bonchev–Trinajstić information content (AvgIpc) is 2.29. The van der Waals surface area contributed by atoms with Crippen LogP contribution >= 0.6 is 0 Å². The van der Waals surface area contributed by atoms with Crippen LogP contribution in [0, 0.1) is 0 Å². The third kappa shape index (κ3) is 3.80. The van der Waals surface area contributed by atoms with Crippen molar-refractivity contribution in [2.24, 2.45) is 5.73 Å². The fraction of sp³-hybridized carbons (Fsp3) is 0.538. The first-order valence-electron chi connectivity index (χ1n) is 6.09. The molecule has 5 heteroatoms. The molecule has 1 aromatic carbocycles. The van der Waals surface area contributed by atoms with Crippen LogP contribution in [0.1, 0.15) is 19.4 Å². The smallest absolute Gasteiger partial charge is 0.180 e. The summed E-state index contributed by atoms with van der Waals surface area (Å²) in [4.78, 5) is 2.49. The molecular formula is C13H22N2O2S. The lowest BCUT2D eigenvalue weighted by molar-refractivity contribution is 0.336. The largest absolute Gasteiger partial charge is 0.329 e. The van der Waals surface area contributed by atoms with Crippen molar-refractivity contribution in [1.29, 1.82) is 0 Å². The third-order valence-corrected chi connectivity index (χ3v) is 5.01. The Morgan fingerprint density at radius 2 is 1.78 bits per heavy atom. The molecular weight excluding hydrogens is 248 g/mol. The number of hydrogen-bond donors (Lipinski definition) is 1. The van der Waals surface area contributed by atoms with Crippen LogP contribution < -0.4 is 5.73 Å². The molecule has 0 aromatic heterocycles. The first kappa shape index (κ1) is 15.1. The Balaban J connectivity index is 2.81. The molecule has 0 aliphatic carbocycles. The molecule has 0 saturated carbocycles. The molecule has 18 heavy (non-hydrogen) atoms. The second kappa shape index (κ2) is 6.31. The van der Waals surface area contributed by atoms with E-state index in [2.05, 4.69) is 4.90 Å². The second-order valence-corrected chi connectivity index (χ2v) is 7.27. The Bertz CT molecular complexity index is 466. The number of hydrogen-bond acceptors (Lipinski definition) is 4. The molecule has 0 heterocycles. The SMILES string of the molecule is CC(C)S(=O)(=O)c1ccc(CN(C)CCN)cc1. The van der Waals surface area contributed by atoms with Gasteiger partial charge in [-0.3, -0.25) is 0 Å². The molecule has 0 amide bonds. The molecule has 0 saturated heterocycles. The van der Waals surface area contributed by atoms with Crippen molar-refractivity contribution in [2.75, 3.05) is 20.1 Å². The highest BCUT2D eigenvalue weighted by Gasteiger charge is 2.18. The quantitative estimate of drug-likeness (QED) is 0.845. The van der Waals surface area contributed by atoms with Gasteiger partial charge in [0.25, 0.3) is 0 Å². The molecule has 0 aliphatic heterocycles. The van der Waals surface area contributed by atoms with Gasteiger partial charge in [-0.25, -0.2) is 8.42 Å². The van der Waals surface area contributed by atoms with E-state index in [1.165, 1.54) is 0 Å². The van der Waals surface area contributed by atoms with Gasteiger partial charge in [-0.2, -0.15) is 0 Å². The maximum atomic E-state index is 11.9. The van der Waals surface area contributed by atoms with Crippen molar-refractivity contribution < 1.29 is 8.42 Å². The Kier molecular flexibility index (Phi) is 5.31. The Morgan fingerprint density at radius 3 is 2.22 bits per heavy atom. The second-order valence-electron chi connectivity index (χ2n) is 4.76. The van der Waals surface area contributed by atoms with Gasteiger partial charge in [0.1, 0.15) is 0 Å². The first-order chi connectivity index (χ1) is 8.37. The van der Waals surface area contributed by atoms with E-state index < -0.39 is 9.84 Å². The molecule has 0 atom stereocenters. The lowest BCUT2D eigenvalue weighted by Gasteiger charge is -2.15. The predicted octanol–water partition coefficient (Wildman–Crippen LogP) is 1.26. The van der Waals surface area contributed by atoms with Crippen LogP contribution in [0.15, 0.2) is 29.2 Å². The summed E-state index contributed by atoms with van der Waals surface area (Å²) in [5.74, 6) is 0. The molecule has 0 aliphatic rings. The van der Waals surface area contributed by atoms with E-state index in [0.29, 0.717) is 11.4 Å². The van der Waals surface area contributed by atoms with Crippen LogP contribution in [-0.2, 0) is 16.4 Å². The van der Waals surface area contributed by atoms with Crippen LogP contribution in [-0.4, -0.2) is 38.7 Å². The zero-order valence-electron chi connectivity index (χ0n) is 11.3. The van der Waals surface area contributed by atoms with E-state index in [9.17, 15) is 8.42 Å². The Labute approximate surface area is 110 Å². The fourth-order valence-electron chi connectivity index (χ4n) is 1.67. The highest BCUT2D eigenvalue weighted by atomic mass is 32.2.